The van der Waals surface area contributed by atoms with Crippen molar-refractivity contribution in [3.05, 3.63) is 0 Å². The molecule has 0 bridgehead atoms. The second kappa shape index (κ2) is 5.31. The average Bonchev–Trinajstić information content (AvgIpc) is 2.56. The molecule has 2 rings (SSSR count). The summed E-state index contributed by atoms with van der Waals surface area (Å²) in [6.45, 7) is 2.96. The van der Waals surface area contributed by atoms with E-state index in [4.69, 9.17) is 5.11 Å². The maximum Gasteiger partial charge on any atom is 0.0431 e. The van der Waals surface area contributed by atoms with Crippen LogP contribution in [0.1, 0.15) is 38.5 Å². The highest BCUT2D eigenvalue weighted by atomic mass is 16.2. The minimum Gasteiger partial charge on any atom is -0.396 e. The van der Waals surface area contributed by atoms with E-state index in [-0.39, 0.29) is 0 Å². The lowest BCUT2D eigenvalue weighted by Gasteiger charge is -2.37. The lowest BCUT2D eigenvalue weighted by molar-refractivity contribution is 0.126. The normalized spacial score (nSPS) is 30.4. The molecule has 2 atom stereocenters. The maximum atomic E-state index is 8.97. The summed E-state index contributed by atoms with van der Waals surface area (Å²) in [6, 6.07) is 0. The van der Waals surface area contributed by atoms with Gasteiger partial charge in [0.05, 0.1) is 0 Å². The van der Waals surface area contributed by atoms with Gasteiger partial charge < -0.3 is 10.0 Å². The highest BCUT2D eigenvalue weighted by Gasteiger charge is 2.35. The van der Waals surface area contributed by atoms with Crippen molar-refractivity contribution in [1.29, 1.82) is 0 Å². The van der Waals surface area contributed by atoms with Gasteiger partial charge >= 0.3 is 0 Å². The zero-order valence-corrected chi connectivity index (χ0v) is 9.99. The van der Waals surface area contributed by atoms with Crippen molar-refractivity contribution in [1.82, 2.24) is 4.90 Å². The van der Waals surface area contributed by atoms with Crippen LogP contribution in [0.5, 0.6) is 0 Å². The predicted molar refractivity (Wildman–Crippen MR) is 62.8 cm³/mol. The van der Waals surface area contributed by atoms with Gasteiger partial charge in [0.2, 0.25) is 0 Å². The van der Waals surface area contributed by atoms with E-state index < -0.39 is 0 Å². The number of hydrogen-bond donors (Lipinski definition) is 1. The first-order chi connectivity index (χ1) is 7.31. The number of aliphatic hydroxyl groups is 1. The molecule has 2 unspecified atom stereocenters. The number of rotatable bonds is 5. The Balaban J connectivity index is 1.85. The van der Waals surface area contributed by atoms with E-state index in [1.807, 2.05) is 0 Å². The molecule has 2 fully saturated rings. The van der Waals surface area contributed by atoms with Crippen LogP contribution in [0.4, 0.5) is 0 Å². The third kappa shape index (κ3) is 2.73. The first-order valence-electron chi connectivity index (χ1n) is 6.60. The molecule has 2 heteroatoms. The molecule has 0 amide bonds. The summed E-state index contributed by atoms with van der Waals surface area (Å²) < 4.78 is 0. The van der Waals surface area contributed by atoms with Gasteiger partial charge in [0, 0.05) is 13.2 Å². The largest absolute Gasteiger partial charge is 0.396 e. The zero-order valence-electron chi connectivity index (χ0n) is 9.99. The number of nitrogens with zero attached hydrogens (tertiary/aromatic N) is 1. The molecule has 1 saturated carbocycles. The van der Waals surface area contributed by atoms with Crippen molar-refractivity contribution in [2.75, 3.05) is 26.7 Å². The third-order valence-electron chi connectivity index (χ3n) is 4.48. The minimum absolute atomic E-state index is 0.381. The van der Waals surface area contributed by atoms with Crippen LogP contribution in [-0.4, -0.2) is 36.8 Å². The summed E-state index contributed by atoms with van der Waals surface area (Å²) >= 11 is 0. The first-order valence-corrected chi connectivity index (χ1v) is 6.60. The van der Waals surface area contributed by atoms with Crippen molar-refractivity contribution in [3.63, 3.8) is 0 Å². The highest BCUT2D eigenvalue weighted by molar-refractivity contribution is 4.86. The van der Waals surface area contributed by atoms with E-state index in [9.17, 15) is 0 Å². The molecule has 1 heterocycles. The van der Waals surface area contributed by atoms with Crippen LogP contribution in [0.2, 0.25) is 0 Å². The Morgan fingerprint density at radius 3 is 2.53 bits per heavy atom. The molecule has 88 valence electrons. The molecular weight excluding hydrogens is 186 g/mol. The summed E-state index contributed by atoms with van der Waals surface area (Å²) in [7, 11) is 2.24. The van der Waals surface area contributed by atoms with Crippen LogP contribution in [0.3, 0.4) is 0 Å². The van der Waals surface area contributed by atoms with Crippen LogP contribution in [0, 0.1) is 17.8 Å². The van der Waals surface area contributed by atoms with Gasteiger partial charge in [-0.3, -0.25) is 0 Å². The van der Waals surface area contributed by atoms with E-state index in [1.165, 1.54) is 45.2 Å². The van der Waals surface area contributed by atoms with Crippen molar-refractivity contribution in [2.24, 2.45) is 17.8 Å². The number of hydrogen-bond acceptors (Lipinski definition) is 2. The summed E-state index contributed by atoms with van der Waals surface area (Å²) in [6.07, 6.45) is 8.03. The Morgan fingerprint density at radius 1 is 1.27 bits per heavy atom. The minimum atomic E-state index is 0.381. The molecule has 0 spiro atoms. The molecule has 1 saturated heterocycles. The zero-order chi connectivity index (χ0) is 10.7. The Labute approximate surface area is 93.7 Å². The summed E-state index contributed by atoms with van der Waals surface area (Å²) in [5, 5.41) is 8.97. The highest BCUT2D eigenvalue weighted by Crippen LogP contribution is 2.42. The van der Waals surface area contributed by atoms with Crippen molar-refractivity contribution in [3.8, 4) is 0 Å². The molecule has 1 aliphatic heterocycles. The van der Waals surface area contributed by atoms with Crippen LogP contribution >= 0.6 is 0 Å². The lowest BCUT2D eigenvalue weighted by atomic mass is 9.68. The number of aliphatic hydroxyl groups excluding tert-OH is 1. The fraction of sp³-hybridized carbons (Fsp3) is 1.00. The Bertz CT molecular complexity index is 191. The van der Waals surface area contributed by atoms with Gasteiger partial charge in [0.15, 0.2) is 0 Å². The molecule has 1 N–H and O–H groups in total. The smallest absolute Gasteiger partial charge is 0.0431 e. The van der Waals surface area contributed by atoms with Gasteiger partial charge in [-0.1, -0.05) is 19.3 Å². The second-order valence-corrected chi connectivity index (χ2v) is 5.53. The monoisotopic (exact) mass is 211 g/mol. The fourth-order valence-electron chi connectivity index (χ4n) is 3.37. The van der Waals surface area contributed by atoms with E-state index in [0.717, 1.165) is 24.2 Å². The quantitative estimate of drug-likeness (QED) is 0.753. The van der Waals surface area contributed by atoms with E-state index in [2.05, 4.69) is 11.9 Å². The van der Waals surface area contributed by atoms with Gasteiger partial charge in [-0.05, 0) is 50.6 Å². The van der Waals surface area contributed by atoms with E-state index in [1.54, 1.807) is 0 Å². The van der Waals surface area contributed by atoms with Gasteiger partial charge in [0.1, 0.15) is 0 Å². The Morgan fingerprint density at radius 2 is 2.07 bits per heavy atom. The van der Waals surface area contributed by atoms with E-state index in [0.29, 0.717) is 6.61 Å². The molecule has 15 heavy (non-hydrogen) atoms. The molecule has 0 radical (unpaired) electrons. The SMILES string of the molecule is CN1CCC(C(CCCO)C2CCC2)C1. The molecule has 0 aromatic rings. The molecule has 2 nitrogen and oxygen atoms in total. The first kappa shape index (κ1) is 11.4. The molecular formula is C13H25NO. The van der Waals surface area contributed by atoms with Crippen LogP contribution in [0.25, 0.3) is 0 Å². The summed E-state index contributed by atoms with van der Waals surface area (Å²) in [5.41, 5.74) is 0. The molecule has 0 aromatic carbocycles. The van der Waals surface area contributed by atoms with Gasteiger partial charge in [0.25, 0.3) is 0 Å². The van der Waals surface area contributed by atoms with Gasteiger partial charge in [-0.15, -0.1) is 0 Å². The van der Waals surface area contributed by atoms with Crippen LogP contribution in [-0.2, 0) is 0 Å². The van der Waals surface area contributed by atoms with Crippen molar-refractivity contribution in [2.45, 2.75) is 38.5 Å². The molecule has 0 aromatic heterocycles. The average molecular weight is 211 g/mol. The summed E-state index contributed by atoms with van der Waals surface area (Å²) in [4.78, 5) is 2.47. The maximum absolute atomic E-state index is 8.97. The second-order valence-electron chi connectivity index (χ2n) is 5.53. The van der Waals surface area contributed by atoms with Crippen LogP contribution in [0.15, 0.2) is 0 Å². The van der Waals surface area contributed by atoms with Gasteiger partial charge in [-0.2, -0.15) is 0 Å². The van der Waals surface area contributed by atoms with Crippen LogP contribution < -0.4 is 0 Å². The predicted octanol–water partition coefficient (Wildman–Crippen LogP) is 2.13. The third-order valence-corrected chi connectivity index (χ3v) is 4.48. The molecule has 2 aliphatic rings. The fourth-order valence-corrected chi connectivity index (χ4v) is 3.37. The standard InChI is InChI=1S/C13H25NO/c1-14-8-7-12(10-14)13(6-3-9-15)11-4-2-5-11/h11-13,15H,2-10H2,1H3. The number of likely N-dealkylation sites (tertiary alicyclic amines) is 1. The molecule has 1 aliphatic carbocycles. The van der Waals surface area contributed by atoms with E-state index >= 15 is 0 Å². The Kier molecular flexibility index (Phi) is 4.04. The topological polar surface area (TPSA) is 23.5 Å². The van der Waals surface area contributed by atoms with Crippen molar-refractivity contribution < 1.29 is 5.11 Å². The lowest BCUT2D eigenvalue weighted by Crippen LogP contribution is -2.30. The van der Waals surface area contributed by atoms with Crippen molar-refractivity contribution >= 4 is 0 Å². The van der Waals surface area contributed by atoms with Gasteiger partial charge in [-0.25, -0.2) is 0 Å². The summed E-state index contributed by atoms with van der Waals surface area (Å²) in [5.74, 6) is 2.83. The Hall–Kier alpha value is -0.0800.